The quantitative estimate of drug-likeness (QED) is 0.579. The van der Waals surface area contributed by atoms with Gasteiger partial charge in [0, 0.05) is 23.8 Å². The molecule has 0 saturated carbocycles. The lowest BCUT2D eigenvalue weighted by Gasteiger charge is -2.30. The summed E-state index contributed by atoms with van der Waals surface area (Å²) in [6.07, 6.45) is 3.96. The summed E-state index contributed by atoms with van der Waals surface area (Å²) in [7, 11) is -7.37. The molecule has 2 aromatic rings. The number of hydrogen-bond acceptors (Lipinski definition) is 5. The van der Waals surface area contributed by atoms with Crippen LogP contribution in [-0.4, -0.2) is 52.4 Å². The molecule has 180 valence electrons. The number of sulfonamides is 2. The molecule has 1 saturated heterocycles. The van der Waals surface area contributed by atoms with Crippen LogP contribution in [0.15, 0.2) is 53.4 Å². The van der Waals surface area contributed by atoms with Crippen LogP contribution in [0.2, 0.25) is 5.02 Å². The van der Waals surface area contributed by atoms with E-state index in [-0.39, 0.29) is 17.0 Å². The van der Waals surface area contributed by atoms with E-state index >= 15 is 0 Å². The Labute approximate surface area is 200 Å². The first-order valence-corrected chi connectivity index (χ1v) is 14.4. The minimum atomic E-state index is -3.79. The molecule has 1 atom stereocenters. The number of amides is 1. The molecule has 1 aliphatic heterocycles. The summed E-state index contributed by atoms with van der Waals surface area (Å²) in [4.78, 5) is 13.2. The van der Waals surface area contributed by atoms with Crippen molar-refractivity contribution in [1.29, 1.82) is 0 Å². The number of carbonyl (C=O) groups is 1. The van der Waals surface area contributed by atoms with Gasteiger partial charge < -0.3 is 5.32 Å². The van der Waals surface area contributed by atoms with E-state index in [0.717, 1.165) is 29.8 Å². The molecule has 1 N–H and O–H groups in total. The normalized spacial score (nSPS) is 16.2. The number of rotatable bonds is 8. The molecule has 8 nitrogen and oxygen atoms in total. The molecule has 1 aliphatic rings. The molecular weight excluding hydrogens is 486 g/mol. The minimum Gasteiger partial charge on any atom is -0.324 e. The van der Waals surface area contributed by atoms with Gasteiger partial charge in [0.1, 0.15) is 6.04 Å². The van der Waals surface area contributed by atoms with E-state index in [0.29, 0.717) is 23.8 Å². The Morgan fingerprint density at radius 3 is 2.24 bits per heavy atom. The molecule has 0 radical (unpaired) electrons. The SMILES string of the molecule is CC[C@@H](C(=O)Nc1ccc(S(=O)(=O)N2CCCCC2)cc1)N(c1cccc(Cl)c1)S(C)(=O)=O. The summed E-state index contributed by atoms with van der Waals surface area (Å²) >= 11 is 6.03. The highest BCUT2D eigenvalue weighted by Gasteiger charge is 2.32. The van der Waals surface area contributed by atoms with E-state index in [2.05, 4.69) is 5.32 Å². The highest BCUT2D eigenvalue weighted by molar-refractivity contribution is 7.92. The van der Waals surface area contributed by atoms with Crippen LogP contribution in [0, 0.1) is 0 Å². The number of benzene rings is 2. The fourth-order valence-electron chi connectivity index (χ4n) is 3.86. The standard InChI is InChI=1S/C22H28ClN3O5S2/c1-3-21(26(32(2,28)29)19-9-7-8-17(23)16-19)22(27)24-18-10-12-20(13-11-18)33(30,31)25-14-5-4-6-15-25/h7-13,16,21H,3-6,14-15H2,1-2H3,(H,24,27)/t21-/m0/s1. The summed E-state index contributed by atoms with van der Waals surface area (Å²) in [6, 6.07) is 11.2. The smallest absolute Gasteiger partial charge is 0.248 e. The van der Waals surface area contributed by atoms with Crippen LogP contribution in [0.3, 0.4) is 0 Å². The Morgan fingerprint density at radius 1 is 1.06 bits per heavy atom. The van der Waals surface area contributed by atoms with Gasteiger partial charge >= 0.3 is 0 Å². The van der Waals surface area contributed by atoms with Gasteiger partial charge in [0.05, 0.1) is 16.8 Å². The van der Waals surface area contributed by atoms with Gasteiger partial charge in [-0.25, -0.2) is 16.8 Å². The summed E-state index contributed by atoms with van der Waals surface area (Å²) < 4.78 is 53.2. The van der Waals surface area contributed by atoms with Crippen molar-refractivity contribution in [2.24, 2.45) is 0 Å². The van der Waals surface area contributed by atoms with E-state index in [1.54, 1.807) is 25.1 Å². The Kier molecular flexibility index (Phi) is 8.04. The maximum absolute atomic E-state index is 13.0. The van der Waals surface area contributed by atoms with Gasteiger partial charge in [-0.2, -0.15) is 4.31 Å². The van der Waals surface area contributed by atoms with Gasteiger partial charge in [0.25, 0.3) is 0 Å². The van der Waals surface area contributed by atoms with Crippen LogP contribution in [-0.2, 0) is 24.8 Å². The molecule has 3 rings (SSSR count). The average molecular weight is 514 g/mol. The number of halogens is 1. The highest BCUT2D eigenvalue weighted by atomic mass is 35.5. The number of anilines is 2. The largest absolute Gasteiger partial charge is 0.324 e. The van der Waals surface area contributed by atoms with Gasteiger partial charge in [0.15, 0.2) is 0 Å². The topological polar surface area (TPSA) is 104 Å². The second-order valence-electron chi connectivity index (χ2n) is 7.94. The first-order valence-electron chi connectivity index (χ1n) is 10.7. The predicted octanol–water partition coefficient (Wildman–Crippen LogP) is 3.70. The number of nitrogens with one attached hydrogen (secondary N) is 1. The second-order valence-corrected chi connectivity index (χ2v) is 12.2. The van der Waals surface area contributed by atoms with Gasteiger partial charge in [-0.15, -0.1) is 0 Å². The van der Waals surface area contributed by atoms with Crippen LogP contribution >= 0.6 is 11.6 Å². The van der Waals surface area contributed by atoms with Crippen molar-refractivity contribution < 1.29 is 21.6 Å². The fourth-order valence-corrected chi connectivity index (χ4v) is 6.77. The van der Waals surface area contributed by atoms with Crippen molar-refractivity contribution in [3.63, 3.8) is 0 Å². The Morgan fingerprint density at radius 2 is 1.70 bits per heavy atom. The molecule has 0 unspecified atom stereocenters. The molecule has 0 bridgehead atoms. The summed E-state index contributed by atoms with van der Waals surface area (Å²) in [5.41, 5.74) is 0.658. The molecule has 0 aliphatic carbocycles. The van der Waals surface area contributed by atoms with Crippen molar-refractivity contribution in [3.05, 3.63) is 53.6 Å². The van der Waals surface area contributed by atoms with Crippen LogP contribution in [0.4, 0.5) is 11.4 Å². The van der Waals surface area contributed by atoms with Crippen molar-refractivity contribution in [2.75, 3.05) is 29.0 Å². The third kappa shape index (κ3) is 6.06. The van der Waals surface area contributed by atoms with Crippen molar-refractivity contribution in [1.82, 2.24) is 4.31 Å². The van der Waals surface area contributed by atoms with E-state index in [9.17, 15) is 21.6 Å². The maximum atomic E-state index is 13.0. The lowest BCUT2D eigenvalue weighted by Crippen LogP contribution is -2.47. The predicted molar refractivity (Wildman–Crippen MR) is 131 cm³/mol. The number of piperidine rings is 1. The lowest BCUT2D eigenvalue weighted by molar-refractivity contribution is -0.117. The first kappa shape index (κ1) is 25.5. The Hall–Kier alpha value is -2.14. The lowest BCUT2D eigenvalue weighted by atomic mass is 10.2. The van der Waals surface area contributed by atoms with E-state index in [4.69, 9.17) is 11.6 Å². The van der Waals surface area contributed by atoms with Crippen LogP contribution < -0.4 is 9.62 Å². The highest BCUT2D eigenvalue weighted by Crippen LogP contribution is 2.27. The fraction of sp³-hybridized carbons (Fsp3) is 0.409. The first-order chi connectivity index (χ1) is 15.5. The van der Waals surface area contributed by atoms with Crippen LogP contribution in [0.5, 0.6) is 0 Å². The molecule has 1 fully saturated rings. The summed E-state index contributed by atoms with van der Waals surface area (Å²) in [5.74, 6) is -0.533. The molecular formula is C22H28ClN3O5S2. The molecule has 11 heteroatoms. The van der Waals surface area contributed by atoms with E-state index in [1.165, 1.54) is 34.6 Å². The number of carbonyl (C=O) groups excluding carboxylic acids is 1. The molecule has 1 amide bonds. The van der Waals surface area contributed by atoms with Gasteiger partial charge in [-0.3, -0.25) is 9.10 Å². The summed E-state index contributed by atoms with van der Waals surface area (Å²) in [6.45, 7) is 2.72. The zero-order valence-corrected chi connectivity index (χ0v) is 21.0. The van der Waals surface area contributed by atoms with Gasteiger partial charge in [-0.05, 0) is 61.7 Å². The third-order valence-corrected chi connectivity index (χ3v) is 8.79. The van der Waals surface area contributed by atoms with E-state index < -0.39 is 32.0 Å². The summed E-state index contributed by atoms with van der Waals surface area (Å²) in [5, 5.41) is 3.05. The maximum Gasteiger partial charge on any atom is 0.248 e. The monoisotopic (exact) mass is 513 g/mol. The average Bonchev–Trinajstić information content (AvgIpc) is 2.77. The van der Waals surface area contributed by atoms with Gasteiger partial charge in [-0.1, -0.05) is 31.0 Å². The second kappa shape index (κ2) is 10.4. The molecule has 0 aromatic heterocycles. The molecule has 0 spiro atoms. The zero-order valence-electron chi connectivity index (χ0n) is 18.6. The molecule has 1 heterocycles. The van der Waals surface area contributed by atoms with Gasteiger partial charge in [0.2, 0.25) is 26.0 Å². The molecule has 33 heavy (non-hydrogen) atoms. The molecule has 2 aromatic carbocycles. The van der Waals surface area contributed by atoms with Crippen molar-refractivity contribution >= 4 is 48.9 Å². The number of hydrogen-bond donors (Lipinski definition) is 1. The van der Waals surface area contributed by atoms with E-state index in [1.807, 2.05) is 0 Å². The van der Waals surface area contributed by atoms with Crippen LogP contribution in [0.1, 0.15) is 32.6 Å². The van der Waals surface area contributed by atoms with Crippen molar-refractivity contribution in [3.8, 4) is 0 Å². The Balaban J connectivity index is 1.81. The van der Waals surface area contributed by atoms with Crippen molar-refractivity contribution in [2.45, 2.75) is 43.5 Å². The zero-order chi connectivity index (χ0) is 24.2. The third-order valence-electron chi connectivity index (χ3n) is 5.47. The van der Waals surface area contributed by atoms with Crippen LogP contribution in [0.25, 0.3) is 0 Å². The number of nitrogens with zero attached hydrogens (tertiary/aromatic N) is 2. The minimum absolute atomic E-state index is 0.158. The Bertz CT molecular complexity index is 1190.